The number of sulfonamides is 1. The molecular formula is C22H22FN5O4S3. The Morgan fingerprint density at radius 3 is 2.34 bits per heavy atom. The first kappa shape index (κ1) is 25.2. The second-order valence-electron chi connectivity index (χ2n) is 7.66. The van der Waals surface area contributed by atoms with Crippen molar-refractivity contribution in [3.8, 4) is 0 Å². The van der Waals surface area contributed by atoms with Crippen LogP contribution < -0.4 is 10.6 Å². The zero-order valence-corrected chi connectivity index (χ0v) is 20.9. The number of halogens is 1. The fourth-order valence-electron chi connectivity index (χ4n) is 3.38. The number of thioether (sulfide) groups is 1. The maximum Gasteiger partial charge on any atom is 0.257 e. The highest BCUT2D eigenvalue weighted by Crippen LogP contribution is 2.26. The van der Waals surface area contributed by atoms with Gasteiger partial charge in [0, 0.05) is 24.3 Å². The Hall–Kier alpha value is -2.87. The minimum Gasteiger partial charge on any atom is -0.325 e. The Bertz CT molecular complexity index is 1290. The van der Waals surface area contributed by atoms with Gasteiger partial charge in [-0.05, 0) is 61.4 Å². The first-order chi connectivity index (χ1) is 16.8. The second-order valence-corrected chi connectivity index (χ2v) is 11.8. The molecular weight excluding hydrogens is 513 g/mol. The monoisotopic (exact) mass is 535 g/mol. The van der Waals surface area contributed by atoms with E-state index in [1.54, 1.807) is 0 Å². The quantitative estimate of drug-likeness (QED) is 0.332. The minimum atomic E-state index is -3.57. The molecule has 2 aromatic carbocycles. The van der Waals surface area contributed by atoms with Gasteiger partial charge in [-0.2, -0.15) is 4.31 Å². The fourth-order valence-corrected chi connectivity index (χ4v) is 6.44. The number of benzene rings is 2. The first-order valence-corrected chi connectivity index (χ1v) is 14.0. The van der Waals surface area contributed by atoms with Gasteiger partial charge in [0.25, 0.3) is 5.91 Å². The van der Waals surface area contributed by atoms with Crippen LogP contribution in [0, 0.1) is 5.82 Å². The molecule has 9 nitrogen and oxygen atoms in total. The number of nitrogens with zero attached hydrogens (tertiary/aromatic N) is 3. The zero-order valence-electron chi connectivity index (χ0n) is 18.4. The van der Waals surface area contributed by atoms with Crippen LogP contribution >= 0.6 is 23.1 Å². The van der Waals surface area contributed by atoms with Gasteiger partial charge in [0.1, 0.15) is 5.82 Å². The zero-order chi connectivity index (χ0) is 24.8. The molecule has 0 aliphatic carbocycles. The number of hydrogen-bond acceptors (Lipinski definition) is 8. The van der Waals surface area contributed by atoms with E-state index >= 15 is 0 Å². The molecule has 1 aromatic heterocycles. The van der Waals surface area contributed by atoms with Crippen LogP contribution in [0.4, 0.5) is 15.2 Å². The van der Waals surface area contributed by atoms with Gasteiger partial charge in [0.05, 0.1) is 10.6 Å². The lowest BCUT2D eigenvalue weighted by Crippen LogP contribution is -2.35. The predicted molar refractivity (Wildman–Crippen MR) is 133 cm³/mol. The van der Waals surface area contributed by atoms with E-state index in [1.807, 2.05) is 0 Å². The number of hydrogen-bond donors (Lipinski definition) is 2. The molecule has 0 spiro atoms. The van der Waals surface area contributed by atoms with Crippen LogP contribution in [0.1, 0.15) is 29.6 Å². The van der Waals surface area contributed by atoms with E-state index in [2.05, 4.69) is 20.8 Å². The summed E-state index contributed by atoms with van der Waals surface area (Å²) in [5.41, 5.74) is 0.766. The van der Waals surface area contributed by atoms with E-state index in [1.165, 1.54) is 52.8 Å². The van der Waals surface area contributed by atoms with Gasteiger partial charge in [0.15, 0.2) is 4.34 Å². The molecule has 184 valence electrons. The summed E-state index contributed by atoms with van der Waals surface area (Å²) in [6.07, 6.45) is 2.72. The summed E-state index contributed by atoms with van der Waals surface area (Å²) in [7, 11) is -3.57. The highest BCUT2D eigenvalue weighted by Gasteiger charge is 2.26. The predicted octanol–water partition coefficient (Wildman–Crippen LogP) is 3.83. The number of nitrogens with one attached hydrogen (secondary N) is 2. The van der Waals surface area contributed by atoms with Crippen LogP contribution in [0.3, 0.4) is 0 Å². The molecule has 0 unspecified atom stereocenters. The lowest BCUT2D eigenvalue weighted by atomic mass is 10.2. The molecule has 2 amide bonds. The van der Waals surface area contributed by atoms with Crippen LogP contribution in [-0.4, -0.2) is 53.6 Å². The van der Waals surface area contributed by atoms with Gasteiger partial charge < -0.3 is 5.32 Å². The summed E-state index contributed by atoms with van der Waals surface area (Å²) in [5, 5.41) is 13.4. The van der Waals surface area contributed by atoms with Crippen molar-refractivity contribution in [1.82, 2.24) is 14.5 Å². The van der Waals surface area contributed by atoms with Gasteiger partial charge in [-0.1, -0.05) is 29.5 Å². The van der Waals surface area contributed by atoms with Crippen molar-refractivity contribution in [3.63, 3.8) is 0 Å². The third kappa shape index (κ3) is 6.63. The second kappa shape index (κ2) is 11.2. The lowest BCUT2D eigenvalue weighted by molar-refractivity contribution is -0.113. The maximum absolute atomic E-state index is 12.9. The number of carbonyl (C=O) groups is 2. The Morgan fingerprint density at radius 2 is 1.66 bits per heavy atom. The largest absolute Gasteiger partial charge is 0.325 e. The van der Waals surface area contributed by atoms with E-state index in [4.69, 9.17) is 0 Å². The summed E-state index contributed by atoms with van der Waals surface area (Å²) in [6.45, 7) is 1.02. The van der Waals surface area contributed by atoms with Crippen molar-refractivity contribution in [1.29, 1.82) is 0 Å². The summed E-state index contributed by atoms with van der Waals surface area (Å²) in [6, 6.07) is 11.2. The average Bonchev–Trinajstić information content (AvgIpc) is 3.32. The Labute approximate surface area is 210 Å². The van der Waals surface area contributed by atoms with E-state index in [9.17, 15) is 22.4 Å². The topological polar surface area (TPSA) is 121 Å². The van der Waals surface area contributed by atoms with Crippen LogP contribution in [0.15, 0.2) is 57.8 Å². The molecule has 1 aliphatic rings. The molecule has 1 fully saturated rings. The maximum atomic E-state index is 12.9. The van der Waals surface area contributed by atoms with E-state index in [-0.39, 0.29) is 33.1 Å². The lowest BCUT2D eigenvalue weighted by Gasteiger charge is -2.25. The van der Waals surface area contributed by atoms with Crippen molar-refractivity contribution in [3.05, 3.63) is 59.9 Å². The molecule has 4 rings (SSSR count). The van der Waals surface area contributed by atoms with Crippen molar-refractivity contribution < 1.29 is 22.4 Å². The van der Waals surface area contributed by atoms with Gasteiger partial charge in [0.2, 0.25) is 21.1 Å². The van der Waals surface area contributed by atoms with E-state index in [0.29, 0.717) is 23.1 Å². The third-order valence-corrected chi connectivity index (χ3v) is 9.04. The number of amides is 2. The molecule has 35 heavy (non-hydrogen) atoms. The SMILES string of the molecule is O=C(CSc1nnc(NC(=O)c2ccc(S(=O)(=O)N3CCCCC3)cc2)s1)Nc1ccc(F)cc1. The number of aromatic nitrogens is 2. The molecule has 13 heteroatoms. The standard InChI is InChI=1S/C22H22FN5O4S3/c23-16-6-8-17(9-7-16)24-19(29)14-33-22-27-26-21(34-22)25-20(30)15-4-10-18(11-5-15)35(31,32)28-12-2-1-3-13-28/h4-11H,1-3,12-14H2,(H,24,29)(H,25,26,30). The number of carbonyl (C=O) groups excluding carboxylic acids is 2. The van der Waals surface area contributed by atoms with E-state index < -0.39 is 15.9 Å². The summed E-state index contributed by atoms with van der Waals surface area (Å²) in [5.74, 6) is -1.07. The molecule has 2 N–H and O–H groups in total. The molecule has 0 atom stereocenters. The summed E-state index contributed by atoms with van der Waals surface area (Å²) < 4.78 is 40.4. The normalized spacial score (nSPS) is 14.4. The van der Waals surface area contributed by atoms with Crippen LogP contribution in [0.2, 0.25) is 0 Å². The van der Waals surface area contributed by atoms with Crippen LogP contribution in [0.5, 0.6) is 0 Å². The molecule has 1 saturated heterocycles. The highest BCUT2D eigenvalue weighted by molar-refractivity contribution is 8.01. The fraction of sp³-hybridized carbons (Fsp3) is 0.273. The van der Waals surface area contributed by atoms with Gasteiger partial charge in [-0.3, -0.25) is 14.9 Å². The van der Waals surface area contributed by atoms with Crippen molar-refractivity contribution in [2.24, 2.45) is 0 Å². The summed E-state index contributed by atoms with van der Waals surface area (Å²) >= 11 is 2.26. The number of piperidine rings is 1. The van der Waals surface area contributed by atoms with Crippen molar-refractivity contribution >= 4 is 55.8 Å². The average molecular weight is 536 g/mol. The number of anilines is 2. The first-order valence-electron chi connectivity index (χ1n) is 10.7. The van der Waals surface area contributed by atoms with Crippen molar-refractivity contribution in [2.45, 2.75) is 28.5 Å². The minimum absolute atomic E-state index is 0.0624. The van der Waals surface area contributed by atoms with Crippen LogP contribution in [0.25, 0.3) is 0 Å². The van der Waals surface area contributed by atoms with E-state index in [0.717, 1.165) is 42.4 Å². The molecule has 0 bridgehead atoms. The van der Waals surface area contributed by atoms with Gasteiger partial charge in [-0.15, -0.1) is 10.2 Å². The number of rotatable bonds is 8. The molecule has 3 aromatic rings. The third-order valence-electron chi connectivity index (χ3n) is 5.15. The molecule has 2 heterocycles. The Balaban J connectivity index is 1.29. The Morgan fingerprint density at radius 1 is 0.971 bits per heavy atom. The smallest absolute Gasteiger partial charge is 0.257 e. The molecule has 0 radical (unpaired) electrons. The highest BCUT2D eigenvalue weighted by atomic mass is 32.2. The molecule has 0 saturated carbocycles. The van der Waals surface area contributed by atoms with Gasteiger partial charge >= 0.3 is 0 Å². The molecule has 1 aliphatic heterocycles. The summed E-state index contributed by atoms with van der Waals surface area (Å²) in [4.78, 5) is 24.8. The van der Waals surface area contributed by atoms with Gasteiger partial charge in [-0.25, -0.2) is 12.8 Å². The van der Waals surface area contributed by atoms with Crippen LogP contribution in [-0.2, 0) is 14.8 Å². The Kier molecular flexibility index (Phi) is 8.11. The van der Waals surface area contributed by atoms with Crippen molar-refractivity contribution in [2.75, 3.05) is 29.5 Å².